The van der Waals surface area contributed by atoms with Crippen molar-refractivity contribution in [3.63, 3.8) is 0 Å². The minimum Gasteiger partial charge on any atom is -0.355 e. The van der Waals surface area contributed by atoms with Gasteiger partial charge in [-0.3, -0.25) is 0 Å². The molecule has 0 unspecified atom stereocenters. The van der Waals surface area contributed by atoms with E-state index in [1.807, 2.05) is 0 Å². The molecule has 0 amide bonds. The topological polar surface area (TPSA) is 15.8 Å². The summed E-state index contributed by atoms with van der Waals surface area (Å²) in [6.07, 6.45) is 6.99. The maximum absolute atomic E-state index is 3.62. The smallest absolute Gasteiger partial charge is 0.0468 e. The number of benzene rings is 3. The Morgan fingerprint density at radius 1 is 0.885 bits per heavy atom. The Morgan fingerprint density at radius 2 is 1.77 bits per heavy atom. The zero-order chi connectivity index (χ0) is 17.5. The van der Waals surface area contributed by atoms with Crippen LogP contribution in [0.5, 0.6) is 0 Å². The Balaban J connectivity index is 1.77. The third-order valence-corrected chi connectivity index (χ3v) is 6.46. The molecule has 3 aromatic carbocycles. The van der Waals surface area contributed by atoms with Crippen LogP contribution in [0.3, 0.4) is 0 Å². The van der Waals surface area contributed by atoms with Crippen LogP contribution in [0.1, 0.15) is 42.5 Å². The van der Waals surface area contributed by atoms with Crippen molar-refractivity contribution in [2.45, 2.75) is 32.1 Å². The molecule has 126 valence electrons. The van der Waals surface area contributed by atoms with Crippen LogP contribution in [-0.4, -0.2) is 4.98 Å². The molecule has 0 saturated carbocycles. The summed E-state index contributed by atoms with van der Waals surface area (Å²) in [5, 5.41) is 2.65. The summed E-state index contributed by atoms with van der Waals surface area (Å²) in [6.45, 7) is 4.73. The second-order valence-corrected chi connectivity index (χ2v) is 8.24. The zero-order valence-corrected chi connectivity index (χ0v) is 15.2. The number of aromatic nitrogens is 1. The summed E-state index contributed by atoms with van der Waals surface area (Å²) >= 11 is 0. The molecule has 1 nitrogen and oxygen atoms in total. The monoisotopic (exact) mass is 335 g/mol. The lowest BCUT2D eigenvalue weighted by Gasteiger charge is -2.22. The number of hydrogen-bond donors (Lipinski definition) is 1. The van der Waals surface area contributed by atoms with Gasteiger partial charge in [-0.25, -0.2) is 0 Å². The third kappa shape index (κ3) is 1.66. The van der Waals surface area contributed by atoms with Gasteiger partial charge in [0.2, 0.25) is 0 Å². The summed E-state index contributed by atoms with van der Waals surface area (Å²) in [4.78, 5) is 3.62. The van der Waals surface area contributed by atoms with Crippen LogP contribution >= 0.6 is 0 Å². The van der Waals surface area contributed by atoms with E-state index >= 15 is 0 Å². The van der Waals surface area contributed by atoms with Crippen molar-refractivity contribution < 1.29 is 0 Å². The van der Waals surface area contributed by atoms with Gasteiger partial charge in [0.25, 0.3) is 0 Å². The molecule has 4 aromatic rings. The lowest BCUT2D eigenvalue weighted by molar-refractivity contribution is 0.660. The summed E-state index contributed by atoms with van der Waals surface area (Å²) in [6, 6.07) is 18.2. The number of aromatic amines is 1. The Bertz CT molecular complexity index is 1250. The van der Waals surface area contributed by atoms with Crippen LogP contribution in [0.4, 0.5) is 0 Å². The minimum atomic E-state index is 0.0382. The van der Waals surface area contributed by atoms with Crippen molar-refractivity contribution in [3.8, 4) is 11.1 Å². The van der Waals surface area contributed by atoms with Crippen LogP contribution in [0, 0.1) is 0 Å². The predicted molar refractivity (Wildman–Crippen MR) is 111 cm³/mol. The lowest BCUT2D eigenvalue weighted by Crippen LogP contribution is -2.15. The Hall–Kier alpha value is -2.80. The molecular weight excluding hydrogens is 314 g/mol. The first-order valence-corrected chi connectivity index (χ1v) is 9.53. The van der Waals surface area contributed by atoms with E-state index in [1.165, 1.54) is 55.2 Å². The zero-order valence-electron chi connectivity index (χ0n) is 15.2. The molecule has 0 atom stereocenters. The van der Waals surface area contributed by atoms with E-state index in [2.05, 4.69) is 79.5 Å². The molecule has 0 aliphatic heterocycles. The predicted octanol–water partition coefficient (Wildman–Crippen LogP) is 6.59. The number of rotatable bonds is 0. The lowest BCUT2D eigenvalue weighted by atomic mass is 9.81. The number of allylic oxidation sites excluding steroid dienone is 1. The molecule has 1 aromatic heterocycles. The summed E-state index contributed by atoms with van der Waals surface area (Å²) in [5.74, 6) is 0. The highest BCUT2D eigenvalue weighted by Gasteiger charge is 2.37. The van der Waals surface area contributed by atoms with Crippen molar-refractivity contribution in [2.24, 2.45) is 0 Å². The number of H-pyrrole nitrogens is 1. The molecule has 0 saturated heterocycles. The first-order valence-electron chi connectivity index (χ1n) is 9.53. The van der Waals surface area contributed by atoms with Crippen molar-refractivity contribution in [3.05, 3.63) is 76.9 Å². The average molecular weight is 335 g/mol. The quantitative estimate of drug-likeness (QED) is 0.373. The van der Waals surface area contributed by atoms with Crippen LogP contribution in [0.15, 0.2) is 54.6 Å². The number of hydrogen-bond acceptors (Lipinski definition) is 0. The average Bonchev–Trinajstić information content (AvgIpc) is 3.13. The summed E-state index contributed by atoms with van der Waals surface area (Å²) < 4.78 is 0. The number of fused-ring (bicyclic) bond motifs is 8. The highest BCUT2D eigenvalue weighted by molar-refractivity contribution is 6.10. The van der Waals surface area contributed by atoms with Gasteiger partial charge in [-0.2, -0.15) is 0 Å². The second-order valence-electron chi connectivity index (χ2n) is 8.24. The number of para-hydroxylation sites is 1. The van der Waals surface area contributed by atoms with Crippen LogP contribution in [-0.2, 0) is 11.8 Å². The van der Waals surface area contributed by atoms with Gasteiger partial charge in [0.15, 0.2) is 0 Å². The first-order chi connectivity index (χ1) is 12.6. The highest BCUT2D eigenvalue weighted by atomic mass is 14.7. The van der Waals surface area contributed by atoms with Gasteiger partial charge >= 0.3 is 0 Å². The normalized spacial score (nSPS) is 16.7. The fourth-order valence-corrected chi connectivity index (χ4v) is 5.09. The van der Waals surface area contributed by atoms with Gasteiger partial charge in [0.05, 0.1) is 0 Å². The van der Waals surface area contributed by atoms with Gasteiger partial charge in [0.1, 0.15) is 0 Å². The Morgan fingerprint density at radius 3 is 2.69 bits per heavy atom. The SMILES string of the molecule is CC1(C)c2cc3[nH]c4ccccc4c3cc2-c2c1ccc1c2C=CCC1. The summed E-state index contributed by atoms with van der Waals surface area (Å²) in [7, 11) is 0. The van der Waals surface area contributed by atoms with E-state index in [-0.39, 0.29) is 5.41 Å². The third-order valence-electron chi connectivity index (χ3n) is 6.46. The molecule has 1 N–H and O–H groups in total. The molecule has 0 bridgehead atoms. The van der Waals surface area contributed by atoms with Gasteiger partial charge in [0, 0.05) is 27.2 Å². The van der Waals surface area contributed by atoms with E-state index in [9.17, 15) is 0 Å². The van der Waals surface area contributed by atoms with Crippen molar-refractivity contribution in [2.75, 3.05) is 0 Å². The largest absolute Gasteiger partial charge is 0.355 e. The van der Waals surface area contributed by atoms with Crippen molar-refractivity contribution in [1.82, 2.24) is 4.98 Å². The summed E-state index contributed by atoms with van der Waals surface area (Å²) in [5.41, 5.74) is 11.2. The van der Waals surface area contributed by atoms with Crippen molar-refractivity contribution >= 4 is 27.9 Å². The van der Waals surface area contributed by atoms with E-state index in [0.29, 0.717) is 0 Å². The molecule has 1 heteroatoms. The molecule has 6 rings (SSSR count). The molecular formula is C25H21N. The van der Waals surface area contributed by atoms with E-state index in [0.717, 1.165) is 12.8 Å². The van der Waals surface area contributed by atoms with Gasteiger partial charge in [-0.1, -0.05) is 56.3 Å². The van der Waals surface area contributed by atoms with Gasteiger partial charge < -0.3 is 4.98 Å². The molecule has 0 radical (unpaired) electrons. The molecule has 2 aliphatic rings. The second kappa shape index (κ2) is 4.67. The Labute approximate surface area is 153 Å². The van der Waals surface area contributed by atoms with Crippen LogP contribution in [0.25, 0.3) is 39.0 Å². The number of nitrogens with one attached hydrogen (secondary N) is 1. The fourth-order valence-electron chi connectivity index (χ4n) is 5.09. The van der Waals surface area contributed by atoms with E-state index < -0.39 is 0 Å². The Kier molecular flexibility index (Phi) is 2.59. The number of aryl methyl sites for hydroxylation is 1. The maximum atomic E-state index is 3.62. The van der Waals surface area contributed by atoms with E-state index in [4.69, 9.17) is 0 Å². The molecule has 0 fully saturated rings. The fraction of sp³-hybridized carbons (Fsp3) is 0.200. The van der Waals surface area contributed by atoms with Gasteiger partial charge in [-0.15, -0.1) is 0 Å². The highest BCUT2D eigenvalue weighted by Crippen LogP contribution is 2.52. The first kappa shape index (κ1) is 14.4. The minimum absolute atomic E-state index is 0.0382. The van der Waals surface area contributed by atoms with Crippen molar-refractivity contribution in [1.29, 1.82) is 0 Å². The van der Waals surface area contributed by atoms with Crippen LogP contribution < -0.4 is 0 Å². The van der Waals surface area contributed by atoms with E-state index in [1.54, 1.807) is 0 Å². The standard InChI is InChI=1S/C25H21N/c1-25(2)20-12-11-15-7-3-4-8-16(15)24(20)19-13-18-17-9-5-6-10-22(17)26-23(18)14-21(19)25/h4-6,8-14,26H,3,7H2,1-2H3. The molecule has 0 spiro atoms. The maximum Gasteiger partial charge on any atom is 0.0468 e. The molecule has 2 aliphatic carbocycles. The molecule has 1 heterocycles. The van der Waals surface area contributed by atoms with Gasteiger partial charge in [-0.05, 0) is 64.4 Å². The molecule has 26 heavy (non-hydrogen) atoms. The van der Waals surface area contributed by atoms with Crippen LogP contribution in [0.2, 0.25) is 0 Å².